The Morgan fingerprint density at radius 1 is 1.12 bits per heavy atom. The Hall–Kier alpha value is -3.29. The number of nitrogens with zero attached hydrogens (tertiary/aromatic N) is 5. The predicted molar refractivity (Wildman–Crippen MR) is 96.6 cm³/mol. The monoisotopic (exact) mass is 349 g/mol. The molecule has 1 atom stereocenters. The first kappa shape index (κ1) is 16.2. The van der Waals surface area contributed by atoms with Gasteiger partial charge in [-0.15, -0.1) is 0 Å². The number of aromatic nitrogens is 5. The van der Waals surface area contributed by atoms with E-state index in [2.05, 4.69) is 35.6 Å². The van der Waals surface area contributed by atoms with Crippen molar-refractivity contribution >= 4 is 11.9 Å². The molecule has 0 bridgehead atoms. The third kappa shape index (κ3) is 3.39. The van der Waals surface area contributed by atoms with Crippen molar-refractivity contribution in [3.05, 3.63) is 54.5 Å². The van der Waals surface area contributed by atoms with Crippen LogP contribution in [0.5, 0.6) is 0 Å². The van der Waals surface area contributed by atoms with Crippen LogP contribution in [0.2, 0.25) is 0 Å². The summed E-state index contributed by atoms with van der Waals surface area (Å²) in [6.07, 6.45) is 5.33. The largest absolute Gasteiger partial charge is 0.346 e. The third-order valence-corrected chi connectivity index (χ3v) is 4.40. The van der Waals surface area contributed by atoms with Crippen LogP contribution in [0.1, 0.15) is 23.3 Å². The summed E-state index contributed by atoms with van der Waals surface area (Å²) in [5, 5.41) is 13.8. The molecule has 0 radical (unpaired) electrons. The molecule has 0 aliphatic carbocycles. The van der Waals surface area contributed by atoms with Gasteiger partial charge in [-0.05, 0) is 18.9 Å². The fraction of sp³-hybridized carbons (Fsp3) is 0.278. The highest BCUT2D eigenvalue weighted by atomic mass is 16.2. The Balaban J connectivity index is 1.46. The van der Waals surface area contributed by atoms with Gasteiger partial charge in [0.15, 0.2) is 5.69 Å². The molecule has 4 rings (SSSR count). The number of anilines is 1. The summed E-state index contributed by atoms with van der Waals surface area (Å²) in [6, 6.07) is 11.4. The van der Waals surface area contributed by atoms with E-state index in [1.165, 1.54) is 0 Å². The van der Waals surface area contributed by atoms with Crippen LogP contribution in [0.4, 0.5) is 5.95 Å². The topological polar surface area (TPSA) is 99.7 Å². The predicted octanol–water partition coefficient (Wildman–Crippen LogP) is 1.66. The van der Waals surface area contributed by atoms with Gasteiger partial charge in [0.05, 0.1) is 0 Å². The van der Waals surface area contributed by atoms with Gasteiger partial charge in [0.25, 0.3) is 5.91 Å². The van der Waals surface area contributed by atoms with Crippen molar-refractivity contribution in [2.24, 2.45) is 0 Å². The minimum Gasteiger partial charge on any atom is -0.346 e. The zero-order valence-corrected chi connectivity index (χ0v) is 14.2. The lowest BCUT2D eigenvalue weighted by atomic mass is 10.1. The maximum absolute atomic E-state index is 12.7. The van der Waals surface area contributed by atoms with E-state index in [1.807, 2.05) is 30.3 Å². The number of hydrogen-bond donors (Lipinski definition) is 2. The van der Waals surface area contributed by atoms with Gasteiger partial charge >= 0.3 is 0 Å². The molecule has 1 aliphatic heterocycles. The standard InChI is InChI=1S/C18H19N7O/c26-17(16-15(22-24-23-16)13-6-2-1-3-7-13)21-14-8-4-11-25(12-14)18-19-9-5-10-20-18/h1-3,5-7,9-10,14H,4,8,11-12H2,(H,21,26)(H,22,23,24)/t14-/m0/s1. The molecule has 3 aromatic rings. The Labute approximate surface area is 150 Å². The van der Waals surface area contributed by atoms with Crippen molar-refractivity contribution in [2.45, 2.75) is 18.9 Å². The number of H-pyrrole nitrogens is 1. The number of carbonyl (C=O) groups is 1. The second-order valence-electron chi connectivity index (χ2n) is 6.19. The van der Waals surface area contributed by atoms with Crippen LogP contribution < -0.4 is 10.2 Å². The van der Waals surface area contributed by atoms with E-state index >= 15 is 0 Å². The van der Waals surface area contributed by atoms with E-state index in [0.717, 1.165) is 24.9 Å². The average Bonchev–Trinajstić information content (AvgIpc) is 3.20. The molecule has 2 aromatic heterocycles. The van der Waals surface area contributed by atoms with E-state index in [-0.39, 0.29) is 11.9 Å². The lowest BCUT2D eigenvalue weighted by Gasteiger charge is -2.32. The van der Waals surface area contributed by atoms with E-state index in [1.54, 1.807) is 18.5 Å². The Morgan fingerprint density at radius 3 is 2.73 bits per heavy atom. The molecular formula is C18H19N7O. The third-order valence-electron chi connectivity index (χ3n) is 4.40. The highest BCUT2D eigenvalue weighted by Crippen LogP contribution is 2.20. The average molecular weight is 349 g/mol. The minimum atomic E-state index is -0.224. The smallest absolute Gasteiger partial charge is 0.274 e. The van der Waals surface area contributed by atoms with Crippen molar-refractivity contribution in [1.29, 1.82) is 0 Å². The Kier molecular flexibility index (Phi) is 4.55. The van der Waals surface area contributed by atoms with Crippen molar-refractivity contribution in [3.63, 3.8) is 0 Å². The number of piperidine rings is 1. The highest BCUT2D eigenvalue weighted by Gasteiger charge is 2.25. The summed E-state index contributed by atoms with van der Waals surface area (Å²) in [6.45, 7) is 1.56. The van der Waals surface area contributed by atoms with Crippen LogP contribution >= 0.6 is 0 Å². The van der Waals surface area contributed by atoms with Crippen molar-refractivity contribution in [1.82, 2.24) is 30.7 Å². The normalized spacial score (nSPS) is 17.1. The molecule has 1 saturated heterocycles. The van der Waals surface area contributed by atoms with Gasteiger partial charge < -0.3 is 10.2 Å². The number of amides is 1. The molecule has 0 unspecified atom stereocenters. The minimum absolute atomic E-state index is 0.0142. The van der Waals surface area contributed by atoms with Crippen LogP contribution in [-0.4, -0.2) is 50.4 Å². The zero-order valence-electron chi connectivity index (χ0n) is 14.2. The fourth-order valence-electron chi connectivity index (χ4n) is 3.17. The second-order valence-corrected chi connectivity index (χ2v) is 6.19. The Bertz CT molecular complexity index is 866. The van der Waals surface area contributed by atoms with E-state index < -0.39 is 0 Å². The second kappa shape index (κ2) is 7.30. The van der Waals surface area contributed by atoms with Crippen LogP contribution in [0.15, 0.2) is 48.8 Å². The maximum Gasteiger partial charge on any atom is 0.274 e. The van der Waals surface area contributed by atoms with Gasteiger partial charge in [-0.3, -0.25) is 4.79 Å². The summed E-state index contributed by atoms with van der Waals surface area (Å²) in [5.41, 5.74) is 1.72. The molecule has 26 heavy (non-hydrogen) atoms. The molecule has 1 aromatic carbocycles. The molecule has 0 spiro atoms. The molecule has 1 amide bonds. The summed E-state index contributed by atoms with van der Waals surface area (Å²) in [4.78, 5) is 23.4. The molecule has 1 fully saturated rings. The van der Waals surface area contributed by atoms with Gasteiger partial charge in [-0.25, -0.2) is 9.97 Å². The fourth-order valence-corrected chi connectivity index (χ4v) is 3.17. The number of carbonyl (C=O) groups excluding carboxylic acids is 1. The van der Waals surface area contributed by atoms with Crippen LogP contribution in [0.25, 0.3) is 11.3 Å². The lowest BCUT2D eigenvalue weighted by Crippen LogP contribution is -2.48. The molecule has 0 saturated carbocycles. The molecule has 8 nitrogen and oxygen atoms in total. The van der Waals surface area contributed by atoms with Crippen LogP contribution in [-0.2, 0) is 0 Å². The van der Waals surface area contributed by atoms with Crippen molar-refractivity contribution in [2.75, 3.05) is 18.0 Å². The van der Waals surface area contributed by atoms with E-state index in [4.69, 9.17) is 0 Å². The number of rotatable bonds is 4. The Morgan fingerprint density at radius 2 is 1.92 bits per heavy atom. The molecule has 3 heterocycles. The van der Waals surface area contributed by atoms with Crippen LogP contribution in [0, 0.1) is 0 Å². The summed E-state index contributed by atoms with van der Waals surface area (Å²) in [5.74, 6) is 0.469. The van der Waals surface area contributed by atoms with Crippen molar-refractivity contribution < 1.29 is 4.79 Å². The summed E-state index contributed by atoms with van der Waals surface area (Å²) >= 11 is 0. The van der Waals surface area contributed by atoms with Crippen molar-refractivity contribution in [3.8, 4) is 11.3 Å². The lowest BCUT2D eigenvalue weighted by molar-refractivity contribution is 0.0928. The molecule has 1 aliphatic rings. The van der Waals surface area contributed by atoms with Crippen LogP contribution in [0.3, 0.4) is 0 Å². The summed E-state index contributed by atoms with van der Waals surface area (Å²) < 4.78 is 0. The SMILES string of the molecule is O=C(N[C@H]1CCCN(c2ncccn2)C1)c1n[nH]nc1-c1ccccc1. The molecular weight excluding hydrogens is 330 g/mol. The number of aromatic amines is 1. The number of hydrogen-bond acceptors (Lipinski definition) is 6. The van der Waals surface area contributed by atoms with Gasteiger partial charge in [-0.1, -0.05) is 30.3 Å². The molecule has 8 heteroatoms. The maximum atomic E-state index is 12.7. The summed E-state index contributed by atoms with van der Waals surface area (Å²) in [7, 11) is 0. The van der Waals surface area contributed by atoms with Gasteiger partial charge in [0.2, 0.25) is 5.95 Å². The van der Waals surface area contributed by atoms with E-state index in [0.29, 0.717) is 23.9 Å². The van der Waals surface area contributed by atoms with Gasteiger partial charge in [0, 0.05) is 37.1 Å². The molecule has 2 N–H and O–H groups in total. The number of benzene rings is 1. The quantitative estimate of drug-likeness (QED) is 0.743. The van der Waals surface area contributed by atoms with E-state index in [9.17, 15) is 4.79 Å². The highest BCUT2D eigenvalue weighted by molar-refractivity contribution is 5.98. The molecule has 132 valence electrons. The first-order chi connectivity index (χ1) is 12.8. The van der Waals surface area contributed by atoms with Gasteiger partial charge in [-0.2, -0.15) is 15.4 Å². The zero-order chi connectivity index (χ0) is 17.8. The first-order valence-corrected chi connectivity index (χ1v) is 8.60. The van der Waals surface area contributed by atoms with Gasteiger partial charge in [0.1, 0.15) is 5.69 Å². The first-order valence-electron chi connectivity index (χ1n) is 8.60. The number of nitrogens with one attached hydrogen (secondary N) is 2.